The number of nitriles is 1. The van der Waals surface area contributed by atoms with Crippen LogP contribution in [0.5, 0.6) is 11.5 Å². The lowest BCUT2D eigenvalue weighted by atomic mass is 10.1. The molecule has 0 bridgehead atoms. The summed E-state index contributed by atoms with van der Waals surface area (Å²) in [6, 6.07) is 11.8. The molecule has 0 radical (unpaired) electrons. The van der Waals surface area contributed by atoms with Crippen LogP contribution in [0.25, 0.3) is 11.3 Å². The van der Waals surface area contributed by atoms with Gasteiger partial charge in [0.15, 0.2) is 22.5 Å². The first kappa shape index (κ1) is 22.2. The van der Waals surface area contributed by atoms with Crippen LogP contribution in [0.4, 0.5) is 24.7 Å². The van der Waals surface area contributed by atoms with Gasteiger partial charge in [0.05, 0.1) is 25.5 Å². The number of aromatic nitrogens is 2. The van der Waals surface area contributed by atoms with E-state index in [4.69, 9.17) is 9.47 Å². The number of ether oxygens (including phenoxy) is 2. The van der Waals surface area contributed by atoms with E-state index in [1.807, 2.05) is 0 Å². The topological polar surface area (TPSA) is 80.1 Å². The lowest BCUT2D eigenvalue weighted by Crippen LogP contribution is -2.07. The maximum absolute atomic E-state index is 13.1. The zero-order valence-electron chi connectivity index (χ0n) is 16.7. The minimum atomic E-state index is -4.49. The molecule has 160 valence electrons. The summed E-state index contributed by atoms with van der Waals surface area (Å²) in [5.74, 6) is 1.05. The summed E-state index contributed by atoms with van der Waals surface area (Å²) in [6.07, 6.45) is -2.73. The number of thioether (sulfide) groups is 1. The van der Waals surface area contributed by atoms with E-state index in [1.165, 1.54) is 38.1 Å². The van der Waals surface area contributed by atoms with Gasteiger partial charge in [-0.05, 0) is 42.7 Å². The average Bonchev–Trinajstić information content (AvgIpc) is 2.77. The second-order valence-electron chi connectivity index (χ2n) is 6.17. The molecule has 1 heterocycles. The Kier molecular flexibility index (Phi) is 6.56. The van der Waals surface area contributed by atoms with Crippen molar-refractivity contribution in [2.24, 2.45) is 0 Å². The number of hydrogen-bond donors (Lipinski definition) is 1. The van der Waals surface area contributed by atoms with E-state index >= 15 is 0 Å². The Labute approximate surface area is 181 Å². The van der Waals surface area contributed by atoms with Crippen molar-refractivity contribution >= 4 is 23.3 Å². The number of nitrogens with zero attached hydrogens (tertiary/aromatic N) is 3. The van der Waals surface area contributed by atoms with Crippen LogP contribution in [-0.4, -0.2) is 30.4 Å². The fourth-order valence-corrected chi connectivity index (χ4v) is 3.20. The molecule has 0 aliphatic rings. The molecule has 1 N–H and O–H groups in total. The summed E-state index contributed by atoms with van der Waals surface area (Å²) in [4.78, 5) is 8.73. The monoisotopic (exact) mass is 446 g/mol. The van der Waals surface area contributed by atoms with Crippen LogP contribution in [0.1, 0.15) is 11.1 Å². The van der Waals surface area contributed by atoms with Gasteiger partial charge in [-0.2, -0.15) is 18.4 Å². The fraction of sp³-hybridized carbons (Fsp3) is 0.190. The lowest BCUT2D eigenvalue weighted by molar-refractivity contribution is -0.137. The Bertz CT molecular complexity index is 1150. The van der Waals surface area contributed by atoms with Gasteiger partial charge in [0.1, 0.15) is 11.6 Å². The number of nitrogens with one attached hydrogen (secondary N) is 1. The van der Waals surface area contributed by atoms with E-state index in [0.717, 1.165) is 12.1 Å². The van der Waals surface area contributed by atoms with E-state index in [1.54, 1.807) is 24.5 Å². The number of hydrogen-bond acceptors (Lipinski definition) is 7. The summed E-state index contributed by atoms with van der Waals surface area (Å²) in [7, 11) is 2.99. The van der Waals surface area contributed by atoms with Crippen molar-refractivity contribution in [2.45, 2.75) is 11.3 Å². The second kappa shape index (κ2) is 9.14. The van der Waals surface area contributed by atoms with Crippen molar-refractivity contribution in [1.29, 1.82) is 5.26 Å². The van der Waals surface area contributed by atoms with Gasteiger partial charge >= 0.3 is 6.18 Å². The predicted octanol–water partition coefficient (Wildman–Crippen LogP) is 5.52. The Hall–Kier alpha value is -3.45. The highest BCUT2D eigenvalue weighted by molar-refractivity contribution is 7.98. The molecule has 0 atom stereocenters. The van der Waals surface area contributed by atoms with Gasteiger partial charge < -0.3 is 14.8 Å². The molecule has 0 spiro atoms. The third-order valence-electron chi connectivity index (χ3n) is 4.29. The number of anilines is 2. The Morgan fingerprint density at radius 3 is 2.39 bits per heavy atom. The molecule has 2 aromatic carbocycles. The molecule has 10 heteroatoms. The van der Waals surface area contributed by atoms with Gasteiger partial charge in [0.2, 0.25) is 0 Å². The molecule has 1 aromatic heterocycles. The highest BCUT2D eigenvalue weighted by atomic mass is 32.2. The van der Waals surface area contributed by atoms with E-state index in [2.05, 4.69) is 21.4 Å². The summed E-state index contributed by atoms with van der Waals surface area (Å²) in [5, 5.41) is 13.0. The zero-order valence-corrected chi connectivity index (χ0v) is 17.6. The van der Waals surface area contributed by atoms with Gasteiger partial charge in [-0.1, -0.05) is 17.8 Å². The highest BCUT2D eigenvalue weighted by Crippen LogP contribution is 2.36. The first-order chi connectivity index (χ1) is 14.8. The van der Waals surface area contributed by atoms with Gasteiger partial charge in [-0.25, -0.2) is 9.97 Å². The van der Waals surface area contributed by atoms with Crippen LogP contribution in [-0.2, 0) is 6.18 Å². The van der Waals surface area contributed by atoms with Crippen molar-refractivity contribution in [3.63, 3.8) is 0 Å². The van der Waals surface area contributed by atoms with Crippen LogP contribution in [0.3, 0.4) is 0 Å². The third kappa shape index (κ3) is 4.83. The molecule has 0 aliphatic carbocycles. The van der Waals surface area contributed by atoms with Gasteiger partial charge in [-0.15, -0.1) is 0 Å². The molecule has 31 heavy (non-hydrogen) atoms. The van der Waals surface area contributed by atoms with Gasteiger partial charge in [-0.3, -0.25) is 0 Å². The van der Waals surface area contributed by atoms with E-state index in [0.29, 0.717) is 27.9 Å². The van der Waals surface area contributed by atoms with Crippen LogP contribution in [0.2, 0.25) is 0 Å². The zero-order chi connectivity index (χ0) is 22.6. The first-order valence-corrected chi connectivity index (χ1v) is 10.1. The maximum atomic E-state index is 13.1. The van der Waals surface area contributed by atoms with Crippen LogP contribution in [0.15, 0.2) is 47.6 Å². The van der Waals surface area contributed by atoms with Crippen molar-refractivity contribution in [3.05, 3.63) is 53.6 Å². The van der Waals surface area contributed by atoms with Crippen molar-refractivity contribution in [3.8, 4) is 28.8 Å². The predicted molar refractivity (Wildman–Crippen MR) is 112 cm³/mol. The minimum absolute atomic E-state index is 0.0856. The molecule has 3 rings (SSSR count). The third-order valence-corrected chi connectivity index (χ3v) is 4.84. The maximum Gasteiger partial charge on any atom is 0.416 e. The molecule has 0 saturated carbocycles. The Balaban J connectivity index is 2.13. The van der Waals surface area contributed by atoms with Crippen molar-refractivity contribution in [2.75, 3.05) is 25.8 Å². The summed E-state index contributed by atoms with van der Waals surface area (Å²) in [5.41, 5.74) is 0.310. The van der Waals surface area contributed by atoms with Crippen LogP contribution >= 0.6 is 11.8 Å². The summed E-state index contributed by atoms with van der Waals surface area (Å²) >= 11 is 1.24. The average molecular weight is 446 g/mol. The molecule has 0 fully saturated rings. The number of methoxy groups -OCH3 is 2. The molecule has 0 amide bonds. The van der Waals surface area contributed by atoms with Crippen LogP contribution in [0, 0.1) is 11.3 Å². The van der Waals surface area contributed by atoms with Crippen molar-refractivity contribution in [1.82, 2.24) is 9.97 Å². The number of halogens is 3. The van der Waals surface area contributed by atoms with Crippen molar-refractivity contribution < 1.29 is 22.6 Å². The van der Waals surface area contributed by atoms with Crippen LogP contribution < -0.4 is 14.8 Å². The Morgan fingerprint density at radius 2 is 1.77 bits per heavy atom. The molecule has 3 aromatic rings. The van der Waals surface area contributed by atoms with E-state index in [-0.39, 0.29) is 17.1 Å². The molecule has 0 saturated heterocycles. The molecular formula is C21H17F3N4O2S. The van der Waals surface area contributed by atoms with Gasteiger partial charge in [0, 0.05) is 11.3 Å². The smallest absolute Gasteiger partial charge is 0.416 e. The Morgan fingerprint density at radius 1 is 1.03 bits per heavy atom. The largest absolute Gasteiger partial charge is 0.493 e. The lowest BCUT2D eigenvalue weighted by Gasteiger charge is -2.15. The number of rotatable bonds is 6. The number of benzene rings is 2. The molecular weight excluding hydrogens is 429 g/mol. The quantitative estimate of drug-likeness (QED) is 0.395. The number of alkyl halides is 3. The SMILES string of the molecule is COc1ccc(-c2nc(SC)nc(Nc3cccc(C(F)(F)F)c3)c2C#N)cc1OC. The minimum Gasteiger partial charge on any atom is -0.493 e. The summed E-state index contributed by atoms with van der Waals surface area (Å²) < 4.78 is 49.7. The second-order valence-corrected chi connectivity index (χ2v) is 6.94. The fourth-order valence-electron chi connectivity index (χ4n) is 2.83. The first-order valence-electron chi connectivity index (χ1n) is 8.83. The molecule has 6 nitrogen and oxygen atoms in total. The van der Waals surface area contributed by atoms with E-state index in [9.17, 15) is 18.4 Å². The van der Waals surface area contributed by atoms with E-state index < -0.39 is 11.7 Å². The van der Waals surface area contributed by atoms with Gasteiger partial charge in [0.25, 0.3) is 0 Å². The normalized spacial score (nSPS) is 11.0. The molecule has 0 unspecified atom stereocenters. The molecule has 0 aliphatic heterocycles. The standard InChI is InChI=1S/C21H17F3N4O2S/c1-29-16-8-7-12(9-17(16)30-2)18-15(11-25)19(28-20(27-18)31-3)26-14-6-4-5-13(10-14)21(22,23)24/h4-10H,1-3H3,(H,26,27,28). The highest BCUT2D eigenvalue weighted by Gasteiger charge is 2.30. The summed E-state index contributed by atoms with van der Waals surface area (Å²) in [6.45, 7) is 0.